The second kappa shape index (κ2) is 7.25. The van der Waals surface area contributed by atoms with Crippen LogP contribution in [0.3, 0.4) is 0 Å². The molecule has 2 atom stereocenters. The number of rotatable bonds is 6. The Morgan fingerprint density at radius 1 is 1.44 bits per heavy atom. The lowest BCUT2D eigenvalue weighted by molar-refractivity contribution is -0.113. The molecule has 0 saturated carbocycles. The first kappa shape index (κ1) is 14.8. The van der Waals surface area contributed by atoms with Crippen LogP contribution in [0.4, 0.5) is 5.69 Å². The first-order valence-corrected chi connectivity index (χ1v) is 7.01. The van der Waals surface area contributed by atoms with E-state index in [1.807, 2.05) is 19.1 Å². The Morgan fingerprint density at radius 2 is 2.11 bits per heavy atom. The zero-order valence-electron chi connectivity index (χ0n) is 10.1. The first-order valence-electron chi connectivity index (χ1n) is 5.52. The van der Waals surface area contributed by atoms with Gasteiger partial charge in [0.15, 0.2) is 0 Å². The Labute approximate surface area is 108 Å². The van der Waals surface area contributed by atoms with Gasteiger partial charge in [-0.05, 0) is 18.6 Å². The van der Waals surface area contributed by atoms with Gasteiger partial charge in [-0.2, -0.15) is 0 Å². The summed E-state index contributed by atoms with van der Waals surface area (Å²) in [6.45, 7) is 1.41. The highest BCUT2D eigenvalue weighted by Gasteiger charge is 2.13. The van der Waals surface area contributed by atoms with Crippen molar-refractivity contribution in [2.75, 3.05) is 23.4 Å². The molecule has 0 aliphatic rings. The number of hydrogen-bond acceptors (Lipinski definition) is 4. The van der Waals surface area contributed by atoms with Crippen molar-refractivity contribution in [2.45, 2.75) is 13.0 Å². The Morgan fingerprint density at radius 3 is 2.72 bits per heavy atom. The molecule has 1 amide bonds. The number of benzene rings is 1. The summed E-state index contributed by atoms with van der Waals surface area (Å²) in [6, 6.07) is 7.29. The van der Waals surface area contributed by atoms with Crippen LogP contribution in [0.2, 0.25) is 0 Å². The van der Waals surface area contributed by atoms with Crippen LogP contribution < -0.4 is 5.32 Å². The van der Waals surface area contributed by atoms with Crippen LogP contribution in [0, 0.1) is 6.92 Å². The largest absolute Gasteiger partial charge is 0.394 e. The van der Waals surface area contributed by atoms with Crippen LogP contribution >= 0.6 is 0 Å². The number of para-hydroxylation sites is 1. The number of amides is 1. The summed E-state index contributed by atoms with van der Waals surface area (Å²) in [4.78, 5) is 11.6. The number of carbonyl (C=O) groups excluding carboxylic acids is 1. The van der Waals surface area contributed by atoms with Gasteiger partial charge in [0.25, 0.3) is 0 Å². The van der Waals surface area contributed by atoms with Crippen molar-refractivity contribution in [3.63, 3.8) is 0 Å². The molecule has 6 heteroatoms. The van der Waals surface area contributed by atoms with E-state index in [1.165, 1.54) is 0 Å². The van der Waals surface area contributed by atoms with Gasteiger partial charge in [-0.1, -0.05) is 18.2 Å². The van der Waals surface area contributed by atoms with Crippen LogP contribution in [-0.2, 0) is 15.6 Å². The van der Waals surface area contributed by atoms with E-state index in [1.54, 1.807) is 12.1 Å². The quantitative estimate of drug-likeness (QED) is 0.681. The molecular weight excluding hydrogens is 254 g/mol. The summed E-state index contributed by atoms with van der Waals surface area (Å²) in [5.74, 6) is -0.656. The van der Waals surface area contributed by atoms with Gasteiger partial charge in [-0.3, -0.25) is 9.00 Å². The summed E-state index contributed by atoms with van der Waals surface area (Å²) in [6.07, 6.45) is -1.04. The van der Waals surface area contributed by atoms with E-state index < -0.39 is 23.5 Å². The molecule has 1 rings (SSSR count). The number of carbonyl (C=O) groups is 1. The molecule has 1 aromatic carbocycles. The van der Waals surface area contributed by atoms with E-state index >= 15 is 0 Å². The highest BCUT2D eigenvalue weighted by Crippen LogP contribution is 2.12. The van der Waals surface area contributed by atoms with Crippen LogP contribution in [0.15, 0.2) is 24.3 Å². The topological polar surface area (TPSA) is 86.6 Å². The molecule has 0 spiro atoms. The number of aryl methyl sites for hydroxylation is 1. The number of nitrogens with one attached hydrogen (secondary N) is 1. The maximum absolute atomic E-state index is 11.6. The first-order chi connectivity index (χ1) is 8.52. The van der Waals surface area contributed by atoms with E-state index in [2.05, 4.69) is 5.32 Å². The van der Waals surface area contributed by atoms with Gasteiger partial charge >= 0.3 is 0 Å². The van der Waals surface area contributed by atoms with Gasteiger partial charge < -0.3 is 15.5 Å². The number of aliphatic hydroxyl groups excluding tert-OH is 2. The Balaban J connectivity index is 2.47. The maximum Gasteiger partial charge on any atom is 0.236 e. The van der Waals surface area contributed by atoms with Gasteiger partial charge in [0.05, 0.1) is 18.5 Å². The molecule has 18 heavy (non-hydrogen) atoms. The standard InChI is InChI=1S/C12H17NO4S/c1-9-4-2-3-5-11(9)13-12(16)8-18(17)7-10(15)6-14/h2-5,10,14-15H,6-8H2,1H3,(H,13,16). The van der Waals surface area contributed by atoms with Crippen molar-refractivity contribution in [2.24, 2.45) is 0 Å². The fourth-order valence-electron chi connectivity index (χ4n) is 1.37. The molecule has 3 N–H and O–H groups in total. The molecule has 0 fully saturated rings. The van der Waals surface area contributed by atoms with Gasteiger partial charge in [0.1, 0.15) is 5.75 Å². The predicted molar refractivity (Wildman–Crippen MR) is 70.8 cm³/mol. The highest BCUT2D eigenvalue weighted by molar-refractivity contribution is 7.85. The predicted octanol–water partition coefficient (Wildman–Crippen LogP) is 0.0354. The van der Waals surface area contributed by atoms with Crippen molar-refractivity contribution >= 4 is 22.4 Å². The van der Waals surface area contributed by atoms with Gasteiger partial charge in [0, 0.05) is 16.5 Å². The Hall–Kier alpha value is -1.24. The molecule has 100 valence electrons. The van der Waals surface area contributed by atoms with Crippen LogP contribution in [-0.4, -0.2) is 44.5 Å². The lowest BCUT2D eigenvalue weighted by Crippen LogP contribution is -2.27. The summed E-state index contributed by atoms with van der Waals surface area (Å²) in [5.41, 5.74) is 1.61. The third kappa shape index (κ3) is 4.95. The molecule has 0 aliphatic carbocycles. The van der Waals surface area contributed by atoms with E-state index in [-0.39, 0.29) is 17.4 Å². The Bertz CT molecular complexity index is 436. The fraction of sp³-hybridized carbons (Fsp3) is 0.417. The molecule has 0 radical (unpaired) electrons. The van der Waals surface area contributed by atoms with Crippen molar-refractivity contribution in [1.29, 1.82) is 0 Å². The zero-order valence-corrected chi connectivity index (χ0v) is 10.9. The van der Waals surface area contributed by atoms with E-state index in [0.29, 0.717) is 5.69 Å². The summed E-state index contributed by atoms with van der Waals surface area (Å²) in [7, 11) is -1.48. The van der Waals surface area contributed by atoms with Crippen LogP contribution in [0.1, 0.15) is 5.56 Å². The smallest absolute Gasteiger partial charge is 0.236 e. The summed E-state index contributed by atoms with van der Waals surface area (Å²) in [5, 5.41) is 20.4. The van der Waals surface area contributed by atoms with Gasteiger partial charge in [0.2, 0.25) is 5.91 Å². The molecule has 0 saturated heterocycles. The molecule has 0 heterocycles. The Kier molecular flexibility index (Phi) is 5.97. The second-order valence-corrected chi connectivity index (χ2v) is 5.45. The molecular formula is C12H17NO4S. The van der Waals surface area contributed by atoms with E-state index in [0.717, 1.165) is 5.56 Å². The monoisotopic (exact) mass is 271 g/mol. The average Bonchev–Trinajstić information content (AvgIpc) is 2.31. The lowest BCUT2D eigenvalue weighted by Gasteiger charge is -2.09. The van der Waals surface area contributed by atoms with Gasteiger partial charge in [-0.15, -0.1) is 0 Å². The van der Waals surface area contributed by atoms with Crippen molar-refractivity contribution in [3.05, 3.63) is 29.8 Å². The van der Waals surface area contributed by atoms with Crippen molar-refractivity contribution < 1.29 is 19.2 Å². The fourth-order valence-corrected chi connectivity index (χ4v) is 2.39. The molecule has 2 unspecified atom stereocenters. The van der Waals surface area contributed by atoms with Gasteiger partial charge in [-0.25, -0.2) is 0 Å². The minimum absolute atomic E-state index is 0.0995. The third-order valence-corrected chi connectivity index (χ3v) is 3.64. The number of hydrogen-bond donors (Lipinski definition) is 3. The maximum atomic E-state index is 11.6. The molecule has 0 bridgehead atoms. The second-order valence-electron chi connectivity index (χ2n) is 3.95. The van der Waals surface area contributed by atoms with Crippen LogP contribution in [0.25, 0.3) is 0 Å². The van der Waals surface area contributed by atoms with Crippen molar-refractivity contribution in [3.8, 4) is 0 Å². The zero-order chi connectivity index (χ0) is 13.5. The average molecular weight is 271 g/mol. The highest BCUT2D eigenvalue weighted by atomic mass is 32.2. The summed E-state index contributed by atoms with van der Waals surface area (Å²) < 4.78 is 11.5. The molecule has 5 nitrogen and oxygen atoms in total. The molecule has 0 aromatic heterocycles. The minimum Gasteiger partial charge on any atom is -0.394 e. The van der Waals surface area contributed by atoms with Crippen molar-refractivity contribution in [1.82, 2.24) is 0 Å². The molecule has 0 aliphatic heterocycles. The normalized spacial score (nSPS) is 13.9. The minimum atomic E-state index is -1.48. The molecule has 1 aromatic rings. The van der Waals surface area contributed by atoms with Crippen LogP contribution in [0.5, 0.6) is 0 Å². The SMILES string of the molecule is Cc1ccccc1NC(=O)CS(=O)CC(O)CO. The van der Waals surface area contributed by atoms with E-state index in [4.69, 9.17) is 10.2 Å². The lowest BCUT2D eigenvalue weighted by atomic mass is 10.2. The van der Waals surface area contributed by atoms with E-state index in [9.17, 15) is 9.00 Å². The number of anilines is 1. The third-order valence-electron chi connectivity index (χ3n) is 2.30. The number of aliphatic hydroxyl groups is 2. The summed E-state index contributed by atoms with van der Waals surface area (Å²) >= 11 is 0.